The Hall–Kier alpha value is -1.29. The summed E-state index contributed by atoms with van der Waals surface area (Å²) in [7, 11) is 0. The number of rotatable bonds is 14. The molecule has 0 aliphatic rings. The molecule has 2 aromatic carbocycles. The maximum Gasteiger partial charge on any atom is 0.0233 e. The van der Waals surface area contributed by atoms with Gasteiger partial charge in [0.2, 0.25) is 0 Å². The molecule has 0 atom stereocenters. The topological polar surface area (TPSA) is 15.3 Å². The van der Waals surface area contributed by atoms with Crippen molar-refractivity contribution in [2.24, 2.45) is 0 Å². The Morgan fingerprint density at radius 1 is 0.808 bits per heavy atom. The van der Waals surface area contributed by atoms with Gasteiger partial charge in [-0.3, -0.25) is 4.90 Å². The average molecular weight is 371 g/mol. The highest BCUT2D eigenvalue weighted by Crippen LogP contribution is 2.12. The van der Waals surface area contributed by atoms with Crippen LogP contribution in [0.5, 0.6) is 0 Å². The zero-order chi connectivity index (χ0) is 18.3. The van der Waals surface area contributed by atoms with E-state index in [4.69, 9.17) is 0 Å². The van der Waals surface area contributed by atoms with Crippen molar-refractivity contribution in [1.82, 2.24) is 10.2 Å². The first-order valence-corrected chi connectivity index (χ1v) is 11.1. The van der Waals surface area contributed by atoms with E-state index < -0.39 is 0 Å². The number of hydrogen-bond donors (Lipinski definition) is 1. The Morgan fingerprint density at radius 2 is 1.46 bits per heavy atom. The van der Waals surface area contributed by atoms with Gasteiger partial charge in [-0.15, -0.1) is 0 Å². The van der Waals surface area contributed by atoms with E-state index in [0.29, 0.717) is 0 Å². The summed E-state index contributed by atoms with van der Waals surface area (Å²) in [6.07, 6.45) is 3.70. The second kappa shape index (κ2) is 13.9. The van der Waals surface area contributed by atoms with Crippen LogP contribution in [0.1, 0.15) is 37.3 Å². The number of nitrogens with one attached hydrogen (secondary N) is 1. The quantitative estimate of drug-likeness (QED) is 0.460. The van der Waals surface area contributed by atoms with Gasteiger partial charge < -0.3 is 5.32 Å². The minimum Gasteiger partial charge on any atom is -0.317 e. The second-order valence-electron chi connectivity index (χ2n) is 6.76. The van der Waals surface area contributed by atoms with Crippen LogP contribution in [-0.4, -0.2) is 36.8 Å². The summed E-state index contributed by atoms with van der Waals surface area (Å²) in [6, 6.07) is 21.6. The summed E-state index contributed by atoms with van der Waals surface area (Å²) in [4.78, 5) is 2.58. The third kappa shape index (κ3) is 9.42. The Labute approximate surface area is 164 Å². The number of nitrogens with zero attached hydrogens (tertiary/aromatic N) is 1. The van der Waals surface area contributed by atoms with Crippen molar-refractivity contribution in [2.75, 3.05) is 31.9 Å². The van der Waals surface area contributed by atoms with E-state index in [1.165, 1.54) is 49.2 Å². The summed E-state index contributed by atoms with van der Waals surface area (Å²) in [5.41, 5.74) is 2.85. The molecule has 0 heterocycles. The smallest absolute Gasteiger partial charge is 0.0233 e. The van der Waals surface area contributed by atoms with Crippen molar-refractivity contribution in [3.63, 3.8) is 0 Å². The van der Waals surface area contributed by atoms with Crippen molar-refractivity contribution in [3.8, 4) is 0 Å². The molecule has 0 amide bonds. The molecule has 0 saturated carbocycles. The largest absolute Gasteiger partial charge is 0.317 e. The molecule has 0 fully saturated rings. The van der Waals surface area contributed by atoms with Gasteiger partial charge in [-0.05, 0) is 62.3 Å². The van der Waals surface area contributed by atoms with Gasteiger partial charge >= 0.3 is 0 Å². The van der Waals surface area contributed by atoms with E-state index in [0.717, 1.165) is 25.4 Å². The molecule has 26 heavy (non-hydrogen) atoms. The lowest BCUT2D eigenvalue weighted by Gasteiger charge is -2.21. The molecule has 142 valence electrons. The maximum absolute atomic E-state index is 3.61. The number of hydrogen-bond acceptors (Lipinski definition) is 3. The average Bonchev–Trinajstić information content (AvgIpc) is 2.68. The minimum absolute atomic E-state index is 1.07. The summed E-state index contributed by atoms with van der Waals surface area (Å²) < 4.78 is 0. The molecule has 2 rings (SSSR count). The first kappa shape index (κ1) is 21.0. The SMILES string of the molecule is CCCN(CCCNCCCSCc1ccccc1)Cc1ccccc1. The van der Waals surface area contributed by atoms with E-state index in [1.54, 1.807) is 0 Å². The molecule has 0 spiro atoms. The van der Waals surface area contributed by atoms with Crippen LogP contribution >= 0.6 is 11.8 Å². The minimum atomic E-state index is 1.07. The Morgan fingerprint density at radius 3 is 2.15 bits per heavy atom. The Bertz CT molecular complexity index is 559. The Balaban J connectivity index is 1.48. The molecule has 0 aliphatic carbocycles. The fourth-order valence-electron chi connectivity index (χ4n) is 3.04. The molecular formula is C23H34N2S. The van der Waals surface area contributed by atoms with Gasteiger partial charge in [0, 0.05) is 12.3 Å². The molecule has 3 heteroatoms. The molecule has 0 saturated heterocycles. The van der Waals surface area contributed by atoms with Crippen molar-refractivity contribution >= 4 is 11.8 Å². The molecule has 0 aromatic heterocycles. The van der Waals surface area contributed by atoms with Crippen molar-refractivity contribution < 1.29 is 0 Å². The first-order valence-electron chi connectivity index (χ1n) is 9.97. The molecule has 0 unspecified atom stereocenters. The number of thioether (sulfide) groups is 1. The number of benzene rings is 2. The highest BCUT2D eigenvalue weighted by molar-refractivity contribution is 7.98. The highest BCUT2D eigenvalue weighted by Gasteiger charge is 2.04. The second-order valence-corrected chi connectivity index (χ2v) is 7.86. The monoisotopic (exact) mass is 370 g/mol. The van der Waals surface area contributed by atoms with Crippen LogP contribution in [0.3, 0.4) is 0 Å². The fraction of sp³-hybridized carbons (Fsp3) is 0.478. The third-order valence-corrected chi connectivity index (χ3v) is 5.49. The van der Waals surface area contributed by atoms with Crippen molar-refractivity contribution in [3.05, 3.63) is 71.8 Å². The summed E-state index contributed by atoms with van der Waals surface area (Å²) in [6.45, 7) is 7.96. The first-order chi connectivity index (χ1) is 12.9. The van der Waals surface area contributed by atoms with Gasteiger partial charge in [-0.2, -0.15) is 11.8 Å². The van der Waals surface area contributed by atoms with Crippen LogP contribution in [0.15, 0.2) is 60.7 Å². The predicted molar refractivity (Wildman–Crippen MR) is 117 cm³/mol. The molecule has 0 aliphatic heterocycles. The lowest BCUT2D eigenvalue weighted by Crippen LogP contribution is -2.28. The van der Waals surface area contributed by atoms with E-state index in [2.05, 4.69) is 77.8 Å². The predicted octanol–water partition coefficient (Wildman–Crippen LogP) is 5.20. The van der Waals surface area contributed by atoms with E-state index in [9.17, 15) is 0 Å². The summed E-state index contributed by atoms with van der Waals surface area (Å²) in [5, 5.41) is 3.61. The molecule has 0 radical (unpaired) electrons. The van der Waals surface area contributed by atoms with Crippen molar-refractivity contribution in [1.29, 1.82) is 0 Å². The molecule has 2 aromatic rings. The van der Waals surface area contributed by atoms with Crippen LogP contribution in [-0.2, 0) is 12.3 Å². The molecule has 2 nitrogen and oxygen atoms in total. The van der Waals surface area contributed by atoms with Crippen LogP contribution in [0.25, 0.3) is 0 Å². The molecule has 1 N–H and O–H groups in total. The molecule has 0 bridgehead atoms. The van der Waals surface area contributed by atoms with Crippen LogP contribution in [0, 0.1) is 0 Å². The van der Waals surface area contributed by atoms with Gasteiger partial charge in [0.15, 0.2) is 0 Å². The van der Waals surface area contributed by atoms with Gasteiger partial charge in [0.1, 0.15) is 0 Å². The zero-order valence-corrected chi connectivity index (χ0v) is 17.0. The van der Waals surface area contributed by atoms with E-state index >= 15 is 0 Å². The van der Waals surface area contributed by atoms with E-state index in [1.807, 2.05) is 11.8 Å². The molecular weight excluding hydrogens is 336 g/mol. The zero-order valence-electron chi connectivity index (χ0n) is 16.2. The lowest BCUT2D eigenvalue weighted by atomic mass is 10.2. The normalized spacial score (nSPS) is 11.2. The van der Waals surface area contributed by atoms with Crippen LogP contribution in [0.2, 0.25) is 0 Å². The third-order valence-electron chi connectivity index (χ3n) is 4.37. The van der Waals surface area contributed by atoms with Crippen LogP contribution in [0.4, 0.5) is 0 Å². The standard InChI is InChI=1S/C23H34N2S/c1-2-17-25(20-22-11-5-3-6-12-22)18-9-15-24-16-10-19-26-21-23-13-7-4-8-14-23/h3-8,11-14,24H,2,9-10,15-21H2,1H3. The van der Waals surface area contributed by atoms with Gasteiger partial charge in [0.25, 0.3) is 0 Å². The maximum atomic E-state index is 3.61. The van der Waals surface area contributed by atoms with Gasteiger partial charge in [-0.1, -0.05) is 67.6 Å². The fourth-order valence-corrected chi connectivity index (χ4v) is 3.96. The highest BCUT2D eigenvalue weighted by atomic mass is 32.2. The van der Waals surface area contributed by atoms with E-state index in [-0.39, 0.29) is 0 Å². The summed E-state index contributed by atoms with van der Waals surface area (Å²) in [5.74, 6) is 2.37. The Kier molecular flexibility index (Phi) is 11.2. The lowest BCUT2D eigenvalue weighted by molar-refractivity contribution is 0.261. The van der Waals surface area contributed by atoms with Crippen LogP contribution < -0.4 is 5.32 Å². The van der Waals surface area contributed by atoms with Gasteiger partial charge in [-0.25, -0.2) is 0 Å². The van der Waals surface area contributed by atoms with Gasteiger partial charge in [0.05, 0.1) is 0 Å². The van der Waals surface area contributed by atoms with Crippen molar-refractivity contribution in [2.45, 2.75) is 38.5 Å². The summed E-state index contributed by atoms with van der Waals surface area (Å²) >= 11 is 2.03.